The van der Waals surface area contributed by atoms with Crippen molar-refractivity contribution in [1.82, 2.24) is 10.0 Å². The van der Waals surface area contributed by atoms with E-state index in [1.165, 1.54) is 6.92 Å². The maximum absolute atomic E-state index is 13.4. The molecule has 0 saturated heterocycles. The second kappa shape index (κ2) is 5.52. The van der Waals surface area contributed by atoms with Crippen LogP contribution < -0.4 is 10.0 Å². The first-order chi connectivity index (χ1) is 7.88. The minimum Gasteiger partial charge on any atom is -0.318 e. The number of halogens is 2. The van der Waals surface area contributed by atoms with Gasteiger partial charge in [-0.1, -0.05) is 0 Å². The normalized spacial score (nSPS) is 11.8. The summed E-state index contributed by atoms with van der Waals surface area (Å²) in [6, 6.07) is 1.55. The second-order valence-electron chi connectivity index (χ2n) is 3.53. The van der Waals surface area contributed by atoms with E-state index in [-0.39, 0.29) is 12.1 Å². The highest BCUT2D eigenvalue weighted by Gasteiger charge is 2.20. The molecule has 0 amide bonds. The molecule has 0 heterocycles. The first kappa shape index (κ1) is 14.0. The lowest BCUT2D eigenvalue weighted by molar-refractivity contribution is 0.539. The largest absolute Gasteiger partial charge is 0.318 e. The summed E-state index contributed by atoms with van der Waals surface area (Å²) in [4.78, 5) is -0.535. The van der Waals surface area contributed by atoms with Crippen LogP contribution in [0.3, 0.4) is 0 Å². The van der Waals surface area contributed by atoms with E-state index in [9.17, 15) is 17.2 Å². The summed E-state index contributed by atoms with van der Waals surface area (Å²) in [5.74, 6) is -1.86. The van der Waals surface area contributed by atoms with E-state index in [4.69, 9.17) is 0 Å². The number of hydrogen-bond donors (Lipinski definition) is 2. The highest BCUT2D eigenvalue weighted by atomic mass is 32.2. The molecule has 2 N–H and O–H groups in total. The zero-order valence-corrected chi connectivity index (χ0v) is 10.4. The van der Waals surface area contributed by atoms with Crippen LogP contribution in [-0.4, -0.2) is 28.6 Å². The molecule has 0 saturated carbocycles. The number of sulfonamides is 1. The Bertz CT molecular complexity index is 503. The smallest absolute Gasteiger partial charge is 0.243 e. The van der Waals surface area contributed by atoms with E-state index in [2.05, 4.69) is 10.0 Å². The molecule has 0 aromatic heterocycles. The Morgan fingerprint density at radius 2 is 1.82 bits per heavy atom. The first-order valence-electron chi connectivity index (χ1n) is 4.98. The molecule has 0 fully saturated rings. The third kappa shape index (κ3) is 3.45. The Morgan fingerprint density at radius 1 is 1.18 bits per heavy atom. The molecule has 0 spiro atoms. The van der Waals surface area contributed by atoms with Gasteiger partial charge < -0.3 is 5.32 Å². The van der Waals surface area contributed by atoms with Gasteiger partial charge in [0.25, 0.3) is 0 Å². The van der Waals surface area contributed by atoms with Crippen molar-refractivity contribution >= 4 is 10.0 Å². The predicted octanol–water partition coefficient (Wildman–Crippen LogP) is 0.771. The van der Waals surface area contributed by atoms with Crippen LogP contribution in [0.15, 0.2) is 17.0 Å². The number of rotatable bonds is 5. The molecule has 1 aromatic rings. The fourth-order valence-corrected chi connectivity index (χ4v) is 2.40. The number of likely N-dealkylation sites (N-methyl/N-ethyl adjacent to an activating group) is 1. The molecule has 1 aromatic carbocycles. The molecule has 0 aliphatic rings. The third-order valence-electron chi connectivity index (χ3n) is 2.17. The average molecular weight is 264 g/mol. The molecule has 1 rings (SSSR count). The lowest BCUT2D eigenvalue weighted by Gasteiger charge is -2.08. The summed E-state index contributed by atoms with van der Waals surface area (Å²) in [5, 5.41) is 2.75. The minimum atomic E-state index is -3.93. The van der Waals surface area contributed by atoms with Gasteiger partial charge in [0, 0.05) is 19.2 Å². The van der Waals surface area contributed by atoms with E-state index in [0.29, 0.717) is 12.6 Å². The van der Waals surface area contributed by atoms with E-state index in [0.717, 1.165) is 6.07 Å². The SMILES string of the molecule is CNCCNS(=O)(=O)c1cc(C)c(F)cc1F. The minimum absolute atomic E-state index is 0.0837. The van der Waals surface area contributed by atoms with Crippen molar-refractivity contribution < 1.29 is 17.2 Å². The number of benzene rings is 1. The maximum Gasteiger partial charge on any atom is 0.243 e. The summed E-state index contributed by atoms with van der Waals surface area (Å²) in [7, 11) is -2.27. The molecule has 96 valence electrons. The van der Waals surface area contributed by atoms with Crippen molar-refractivity contribution in [1.29, 1.82) is 0 Å². The van der Waals surface area contributed by atoms with Crippen molar-refractivity contribution in [3.8, 4) is 0 Å². The van der Waals surface area contributed by atoms with Crippen molar-refractivity contribution in [3.05, 3.63) is 29.3 Å². The van der Waals surface area contributed by atoms with Gasteiger partial charge in [-0.15, -0.1) is 0 Å². The van der Waals surface area contributed by atoms with Crippen LogP contribution in [0.25, 0.3) is 0 Å². The van der Waals surface area contributed by atoms with Gasteiger partial charge in [0.15, 0.2) is 0 Å². The van der Waals surface area contributed by atoms with Crippen LogP contribution in [0.1, 0.15) is 5.56 Å². The lowest BCUT2D eigenvalue weighted by Crippen LogP contribution is -2.31. The van der Waals surface area contributed by atoms with Gasteiger partial charge in [0.1, 0.15) is 16.5 Å². The van der Waals surface area contributed by atoms with E-state index >= 15 is 0 Å². The zero-order valence-electron chi connectivity index (χ0n) is 9.55. The standard InChI is InChI=1S/C10H14F2N2O2S/c1-7-5-10(9(12)6-8(7)11)17(15,16)14-4-3-13-2/h5-6,13-14H,3-4H2,1-2H3. The Morgan fingerprint density at radius 3 is 2.41 bits per heavy atom. The van der Waals surface area contributed by atoms with Gasteiger partial charge in [0.2, 0.25) is 10.0 Å². The Balaban J connectivity index is 3.03. The van der Waals surface area contributed by atoms with Crippen LogP contribution >= 0.6 is 0 Å². The Hall–Kier alpha value is -1.05. The number of nitrogens with one attached hydrogen (secondary N) is 2. The molecule has 0 unspecified atom stereocenters. The van der Waals surface area contributed by atoms with Crippen LogP contribution in [0.5, 0.6) is 0 Å². The monoisotopic (exact) mass is 264 g/mol. The highest BCUT2D eigenvalue weighted by Crippen LogP contribution is 2.18. The van der Waals surface area contributed by atoms with Crippen molar-refractivity contribution in [2.75, 3.05) is 20.1 Å². The molecule has 4 nitrogen and oxygen atoms in total. The topological polar surface area (TPSA) is 58.2 Å². The molecular weight excluding hydrogens is 250 g/mol. The van der Waals surface area contributed by atoms with Crippen LogP contribution in [0.2, 0.25) is 0 Å². The van der Waals surface area contributed by atoms with Gasteiger partial charge in [-0.2, -0.15) is 0 Å². The van der Waals surface area contributed by atoms with Crippen molar-refractivity contribution in [2.45, 2.75) is 11.8 Å². The van der Waals surface area contributed by atoms with Gasteiger partial charge in [-0.25, -0.2) is 21.9 Å². The summed E-state index contributed by atoms with van der Waals surface area (Å²) >= 11 is 0. The van der Waals surface area contributed by atoms with Crippen molar-refractivity contribution in [2.24, 2.45) is 0 Å². The highest BCUT2D eigenvalue weighted by molar-refractivity contribution is 7.89. The van der Waals surface area contributed by atoms with E-state index < -0.39 is 26.6 Å². The molecule has 0 radical (unpaired) electrons. The zero-order chi connectivity index (χ0) is 13.1. The number of hydrogen-bond acceptors (Lipinski definition) is 3. The van der Waals surface area contributed by atoms with Crippen LogP contribution in [0, 0.1) is 18.6 Å². The fourth-order valence-electron chi connectivity index (χ4n) is 1.22. The molecule has 17 heavy (non-hydrogen) atoms. The second-order valence-corrected chi connectivity index (χ2v) is 5.27. The van der Waals surface area contributed by atoms with Crippen LogP contribution in [-0.2, 0) is 10.0 Å². The van der Waals surface area contributed by atoms with Gasteiger partial charge in [-0.3, -0.25) is 0 Å². The Labute approximate surface area is 99.1 Å². The maximum atomic E-state index is 13.4. The van der Waals surface area contributed by atoms with Gasteiger partial charge >= 0.3 is 0 Å². The fraction of sp³-hybridized carbons (Fsp3) is 0.400. The number of aryl methyl sites for hydroxylation is 1. The molecule has 0 aliphatic heterocycles. The van der Waals surface area contributed by atoms with Gasteiger partial charge in [-0.05, 0) is 25.6 Å². The molecule has 0 aliphatic carbocycles. The lowest BCUT2D eigenvalue weighted by atomic mass is 10.2. The third-order valence-corrected chi connectivity index (χ3v) is 3.65. The summed E-state index contributed by atoms with van der Waals surface area (Å²) in [5.41, 5.74) is 0.0837. The van der Waals surface area contributed by atoms with Gasteiger partial charge in [0.05, 0.1) is 0 Å². The molecule has 0 bridgehead atoms. The van der Waals surface area contributed by atoms with E-state index in [1.54, 1.807) is 7.05 Å². The predicted molar refractivity (Wildman–Crippen MR) is 60.2 cm³/mol. The van der Waals surface area contributed by atoms with E-state index in [1.807, 2.05) is 0 Å². The summed E-state index contributed by atoms with van der Waals surface area (Å²) in [6.07, 6.45) is 0. The quantitative estimate of drug-likeness (QED) is 0.772. The summed E-state index contributed by atoms with van der Waals surface area (Å²) < 4.78 is 51.9. The molecule has 0 atom stereocenters. The molecule has 7 heteroatoms. The van der Waals surface area contributed by atoms with Crippen LogP contribution in [0.4, 0.5) is 8.78 Å². The summed E-state index contributed by atoms with van der Waals surface area (Å²) in [6.45, 7) is 1.93. The van der Waals surface area contributed by atoms with Crippen molar-refractivity contribution in [3.63, 3.8) is 0 Å². The molecular formula is C10H14F2N2O2S. The Kier molecular flexibility index (Phi) is 4.55. The first-order valence-corrected chi connectivity index (χ1v) is 6.46. The average Bonchev–Trinajstić information content (AvgIpc) is 2.23.